The van der Waals surface area contributed by atoms with Crippen LogP contribution in [0.2, 0.25) is 0 Å². The molecule has 4 rings (SSSR count). The summed E-state index contributed by atoms with van der Waals surface area (Å²) >= 11 is 0. The number of rotatable bonds is 5. The maximum atomic E-state index is 13.1. The molecule has 0 saturated heterocycles. The SMILES string of the molecule is N#Cc1ccccc1C(=O)n1nc(-c2ccco2)nc1NCc1ccccc1. The highest BCUT2D eigenvalue weighted by Crippen LogP contribution is 2.20. The molecule has 2 aromatic carbocycles. The van der Waals surface area contributed by atoms with Gasteiger partial charge in [0.15, 0.2) is 5.76 Å². The highest BCUT2D eigenvalue weighted by atomic mass is 16.3. The Morgan fingerprint density at radius 1 is 1.07 bits per heavy atom. The number of carbonyl (C=O) groups is 1. The second-order valence-corrected chi connectivity index (χ2v) is 5.95. The van der Waals surface area contributed by atoms with E-state index in [1.807, 2.05) is 36.4 Å². The maximum absolute atomic E-state index is 13.1. The van der Waals surface area contributed by atoms with Crippen LogP contribution in [0.25, 0.3) is 11.6 Å². The van der Waals surface area contributed by atoms with Crippen molar-refractivity contribution in [3.63, 3.8) is 0 Å². The first-order valence-corrected chi connectivity index (χ1v) is 8.59. The van der Waals surface area contributed by atoms with Gasteiger partial charge in [-0.15, -0.1) is 5.10 Å². The first-order chi connectivity index (χ1) is 13.8. The highest BCUT2D eigenvalue weighted by molar-refractivity contribution is 5.99. The Hall–Kier alpha value is -4.18. The molecule has 136 valence electrons. The summed E-state index contributed by atoms with van der Waals surface area (Å²) in [5.74, 6) is 0.553. The number of nitrogens with one attached hydrogen (secondary N) is 1. The molecule has 7 heteroatoms. The fourth-order valence-electron chi connectivity index (χ4n) is 2.74. The van der Waals surface area contributed by atoms with Crippen molar-refractivity contribution in [1.82, 2.24) is 14.8 Å². The van der Waals surface area contributed by atoms with E-state index in [9.17, 15) is 10.1 Å². The zero-order valence-electron chi connectivity index (χ0n) is 14.7. The normalized spacial score (nSPS) is 10.4. The summed E-state index contributed by atoms with van der Waals surface area (Å²) in [7, 11) is 0. The summed E-state index contributed by atoms with van der Waals surface area (Å²) in [6.07, 6.45) is 1.51. The Morgan fingerprint density at radius 2 is 1.86 bits per heavy atom. The summed E-state index contributed by atoms with van der Waals surface area (Å²) in [5.41, 5.74) is 1.56. The van der Waals surface area contributed by atoms with Gasteiger partial charge in [0.2, 0.25) is 11.8 Å². The first kappa shape index (κ1) is 17.2. The lowest BCUT2D eigenvalue weighted by atomic mass is 10.1. The van der Waals surface area contributed by atoms with E-state index in [0.29, 0.717) is 12.3 Å². The zero-order chi connectivity index (χ0) is 19.3. The van der Waals surface area contributed by atoms with Crippen molar-refractivity contribution in [1.29, 1.82) is 5.26 Å². The van der Waals surface area contributed by atoms with Crippen molar-refractivity contribution in [2.75, 3.05) is 5.32 Å². The van der Waals surface area contributed by atoms with Crippen LogP contribution in [0.15, 0.2) is 77.4 Å². The number of nitriles is 1. The molecule has 0 fully saturated rings. The summed E-state index contributed by atoms with van der Waals surface area (Å²) in [4.78, 5) is 17.5. The van der Waals surface area contributed by atoms with Crippen LogP contribution < -0.4 is 5.32 Å². The lowest BCUT2D eigenvalue weighted by molar-refractivity contribution is 0.0947. The van der Waals surface area contributed by atoms with E-state index in [1.165, 1.54) is 6.26 Å². The van der Waals surface area contributed by atoms with Gasteiger partial charge in [-0.1, -0.05) is 42.5 Å². The van der Waals surface area contributed by atoms with Gasteiger partial charge in [0.25, 0.3) is 5.91 Å². The predicted molar refractivity (Wildman–Crippen MR) is 102 cm³/mol. The molecule has 28 heavy (non-hydrogen) atoms. The van der Waals surface area contributed by atoms with Gasteiger partial charge in [0.1, 0.15) is 0 Å². The number of hydrogen-bond donors (Lipinski definition) is 1. The molecule has 4 aromatic rings. The van der Waals surface area contributed by atoms with Crippen LogP contribution in [-0.4, -0.2) is 20.7 Å². The highest BCUT2D eigenvalue weighted by Gasteiger charge is 2.21. The molecular formula is C21H15N5O2. The van der Waals surface area contributed by atoms with Crippen LogP contribution in [0.1, 0.15) is 21.5 Å². The van der Waals surface area contributed by atoms with Crippen LogP contribution in [0.5, 0.6) is 0 Å². The Balaban J connectivity index is 1.72. The van der Waals surface area contributed by atoms with E-state index in [0.717, 1.165) is 10.2 Å². The summed E-state index contributed by atoms with van der Waals surface area (Å²) < 4.78 is 6.51. The van der Waals surface area contributed by atoms with Gasteiger partial charge >= 0.3 is 0 Å². The molecule has 0 aliphatic carbocycles. The molecule has 0 aliphatic rings. The van der Waals surface area contributed by atoms with Crippen LogP contribution in [0.3, 0.4) is 0 Å². The largest absolute Gasteiger partial charge is 0.461 e. The molecule has 7 nitrogen and oxygen atoms in total. The molecule has 0 saturated carbocycles. The molecule has 0 bridgehead atoms. The lowest BCUT2D eigenvalue weighted by Crippen LogP contribution is -2.18. The molecular weight excluding hydrogens is 354 g/mol. The third kappa shape index (κ3) is 3.39. The Bertz CT molecular complexity index is 1140. The van der Waals surface area contributed by atoms with Gasteiger partial charge < -0.3 is 9.73 Å². The van der Waals surface area contributed by atoms with E-state index in [2.05, 4.69) is 15.4 Å². The van der Waals surface area contributed by atoms with E-state index in [-0.39, 0.29) is 22.9 Å². The van der Waals surface area contributed by atoms with E-state index in [4.69, 9.17) is 4.42 Å². The van der Waals surface area contributed by atoms with Gasteiger partial charge in [-0.05, 0) is 29.8 Å². The van der Waals surface area contributed by atoms with Crippen molar-refractivity contribution in [3.05, 3.63) is 89.7 Å². The molecule has 0 amide bonds. The predicted octanol–water partition coefficient (Wildman–Crippen LogP) is 3.71. The number of benzene rings is 2. The van der Waals surface area contributed by atoms with E-state index in [1.54, 1.807) is 36.4 Å². The molecule has 2 heterocycles. The van der Waals surface area contributed by atoms with Crippen LogP contribution in [0, 0.1) is 11.3 Å². The van der Waals surface area contributed by atoms with Gasteiger partial charge in [-0.3, -0.25) is 4.79 Å². The summed E-state index contributed by atoms with van der Waals surface area (Å²) in [6, 6.07) is 21.8. The summed E-state index contributed by atoms with van der Waals surface area (Å²) in [5, 5.41) is 16.8. The average Bonchev–Trinajstić information content (AvgIpc) is 3.42. The monoisotopic (exact) mass is 369 g/mol. The summed E-state index contributed by atoms with van der Waals surface area (Å²) in [6.45, 7) is 0.463. The van der Waals surface area contributed by atoms with Gasteiger partial charge in [0.05, 0.1) is 23.5 Å². The minimum atomic E-state index is -0.446. The maximum Gasteiger partial charge on any atom is 0.282 e. The van der Waals surface area contributed by atoms with Crippen molar-refractivity contribution in [2.45, 2.75) is 6.54 Å². The average molecular weight is 369 g/mol. The number of carbonyl (C=O) groups excluding carboxylic acids is 1. The second-order valence-electron chi connectivity index (χ2n) is 5.95. The number of anilines is 1. The second kappa shape index (κ2) is 7.60. The number of nitrogens with zero attached hydrogens (tertiary/aromatic N) is 4. The molecule has 1 N–H and O–H groups in total. The fourth-order valence-corrected chi connectivity index (χ4v) is 2.74. The smallest absolute Gasteiger partial charge is 0.282 e. The third-order valence-electron chi connectivity index (χ3n) is 4.11. The number of aromatic nitrogens is 3. The Morgan fingerprint density at radius 3 is 2.61 bits per heavy atom. The van der Waals surface area contributed by atoms with Crippen molar-refractivity contribution in [2.24, 2.45) is 0 Å². The fraction of sp³-hybridized carbons (Fsp3) is 0.0476. The molecule has 2 aromatic heterocycles. The van der Waals surface area contributed by atoms with Crippen molar-refractivity contribution < 1.29 is 9.21 Å². The molecule has 0 aliphatic heterocycles. The van der Waals surface area contributed by atoms with Gasteiger partial charge in [0, 0.05) is 6.54 Å². The minimum absolute atomic E-state index is 0.253. The molecule has 0 radical (unpaired) electrons. The van der Waals surface area contributed by atoms with Crippen LogP contribution >= 0.6 is 0 Å². The van der Waals surface area contributed by atoms with E-state index < -0.39 is 5.91 Å². The zero-order valence-corrected chi connectivity index (χ0v) is 14.7. The van der Waals surface area contributed by atoms with Crippen molar-refractivity contribution in [3.8, 4) is 17.7 Å². The molecule has 0 unspecified atom stereocenters. The standard InChI is InChI=1S/C21H15N5O2/c22-13-16-9-4-5-10-17(16)20(27)26-21(23-14-15-7-2-1-3-8-15)24-19(25-26)18-11-6-12-28-18/h1-12H,14H2,(H,23,24,25). The van der Waals surface area contributed by atoms with Crippen LogP contribution in [-0.2, 0) is 6.54 Å². The first-order valence-electron chi connectivity index (χ1n) is 8.59. The third-order valence-corrected chi connectivity index (χ3v) is 4.11. The number of hydrogen-bond acceptors (Lipinski definition) is 6. The van der Waals surface area contributed by atoms with Crippen molar-refractivity contribution >= 4 is 11.9 Å². The Kier molecular flexibility index (Phi) is 4.68. The minimum Gasteiger partial charge on any atom is -0.461 e. The Labute approximate surface area is 160 Å². The quantitative estimate of drug-likeness (QED) is 0.576. The molecule has 0 spiro atoms. The van der Waals surface area contributed by atoms with Crippen LogP contribution in [0.4, 0.5) is 5.95 Å². The number of furan rings is 1. The topological polar surface area (TPSA) is 96.7 Å². The van der Waals surface area contributed by atoms with Gasteiger partial charge in [-0.2, -0.15) is 14.9 Å². The van der Waals surface area contributed by atoms with Gasteiger partial charge in [-0.25, -0.2) is 0 Å². The lowest BCUT2D eigenvalue weighted by Gasteiger charge is -2.08. The molecule has 0 atom stereocenters. The van der Waals surface area contributed by atoms with E-state index >= 15 is 0 Å².